The van der Waals surface area contributed by atoms with Crippen molar-refractivity contribution in [2.75, 3.05) is 11.4 Å². The quantitative estimate of drug-likeness (QED) is 0.753. The fourth-order valence-electron chi connectivity index (χ4n) is 1.65. The first-order chi connectivity index (χ1) is 7.61. The Morgan fingerprint density at radius 1 is 1.62 bits per heavy atom. The van der Waals surface area contributed by atoms with Crippen LogP contribution < -0.4 is 4.90 Å². The summed E-state index contributed by atoms with van der Waals surface area (Å²) in [5.41, 5.74) is 1.61. The molecule has 0 bridgehead atoms. The van der Waals surface area contributed by atoms with Crippen molar-refractivity contribution in [3.63, 3.8) is 0 Å². The Morgan fingerprint density at radius 3 is 2.94 bits per heavy atom. The molecule has 82 valence electrons. The van der Waals surface area contributed by atoms with Gasteiger partial charge in [0.05, 0.1) is 12.2 Å². The largest absolute Gasteiger partial charge is 0.428 e. The predicted octanol–water partition coefficient (Wildman–Crippen LogP) is 2.50. The SMILES string of the molecule is Cc1cc(Cl)ccc1N1CC(C#N)OC1=O. The maximum absolute atomic E-state index is 11.5. The summed E-state index contributed by atoms with van der Waals surface area (Å²) in [6, 6.07) is 7.14. The molecule has 5 heteroatoms. The van der Waals surface area contributed by atoms with Crippen molar-refractivity contribution in [2.24, 2.45) is 0 Å². The molecule has 1 unspecified atom stereocenters. The molecule has 1 aromatic carbocycles. The zero-order valence-electron chi connectivity index (χ0n) is 8.61. The van der Waals surface area contributed by atoms with E-state index in [0.717, 1.165) is 11.3 Å². The molecule has 0 radical (unpaired) electrons. The van der Waals surface area contributed by atoms with Gasteiger partial charge in [-0.05, 0) is 30.7 Å². The molecule has 16 heavy (non-hydrogen) atoms. The summed E-state index contributed by atoms with van der Waals surface area (Å²) in [4.78, 5) is 12.9. The van der Waals surface area contributed by atoms with Crippen molar-refractivity contribution in [1.82, 2.24) is 0 Å². The van der Waals surface area contributed by atoms with Crippen molar-refractivity contribution in [1.29, 1.82) is 5.26 Å². The first kappa shape index (κ1) is 10.8. The Kier molecular flexibility index (Phi) is 2.71. The summed E-state index contributed by atoms with van der Waals surface area (Å²) in [7, 11) is 0. The number of amides is 1. The highest BCUT2D eigenvalue weighted by molar-refractivity contribution is 6.30. The van der Waals surface area contributed by atoms with Crippen LogP contribution in [-0.2, 0) is 4.74 Å². The van der Waals surface area contributed by atoms with E-state index in [9.17, 15) is 4.79 Å². The number of cyclic esters (lactones) is 1. The lowest BCUT2D eigenvalue weighted by Crippen LogP contribution is -2.24. The van der Waals surface area contributed by atoms with E-state index in [2.05, 4.69) is 0 Å². The Balaban J connectivity index is 2.32. The summed E-state index contributed by atoms with van der Waals surface area (Å²) in [6.07, 6.45) is -1.18. The first-order valence-electron chi connectivity index (χ1n) is 4.75. The molecular formula is C11H9ClN2O2. The number of hydrogen-bond donors (Lipinski definition) is 0. The molecule has 4 nitrogen and oxygen atoms in total. The van der Waals surface area contributed by atoms with Gasteiger partial charge >= 0.3 is 6.09 Å². The summed E-state index contributed by atoms with van der Waals surface area (Å²) in [5, 5.41) is 9.30. The first-order valence-corrected chi connectivity index (χ1v) is 5.13. The van der Waals surface area contributed by atoms with Crippen LogP contribution in [0, 0.1) is 18.3 Å². The smallest absolute Gasteiger partial charge is 0.415 e. The van der Waals surface area contributed by atoms with Crippen molar-refractivity contribution in [3.8, 4) is 6.07 Å². The van der Waals surface area contributed by atoms with Crippen LogP contribution in [0.4, 0.5) is 10.5 Å². The lowest BCUT2D eigenvalue weighted by Gasteiger charge is -2.15. The molecule has 0 saturated carbocycles. The highest BCUT2D eigenvalue weighted by Gasteiger charge is 2.32. The number of hydrogen-bond acceptors (Lipinski definition) is 3. The molecular weight excluding hydrogens is 228 g/mol. The number of nitrogens with zero attached hydrogens (tertiary/aromatic N) is 2. The van der Waals surface area contributed by atoms with E-state index < -0.39 is 12.2 Å². The van der Waals surface area contributed by atoms with Gasteiger partial charge in [-0.15, -0.1) is 0 Å². The third-order valence-electron chi connectivity index (χ3n) is 2.41. The van der Waals surface area contributed by atoms with Crippen LogP contribution >= 0.6 is 11.6 Å². The van der Waals surface area contributed by atoms with E-state index >= 15 is 0 Å². The van der Waals surface area contributed by atoms with Crippen molar-refractivity contribution >= 4 is 23.4 Å². The second kappa shape index (κ2) is 4.03. The zero-order chi connectivity index (χ0) is 11.7. The Labute approximate surface area is 98.0 Å². The Hall–Kier alpha value is -1.73. The number of carbonyl (C=O) groups is 1. The number of halogens is 1. The highest BCUT2D eigenvalue weighted by Crippen LogP contribution is 2.27. The molecule has 0 spiro atoms. The zero-order valence-corrected chi connectivity index (χ0v) is 9.36. The minimum atomic E-state index is -0.692. The topological polar surface area (TPSA) is 53.3 Å². The van der Waals surface area contributed by atoms with Gasteiger partial charge in [-0.3, -0.25) is 4.90 Å². The minimum Gasteiger partial charge on any atom is -0.428 e. The molecule has 0 aromatic heterocycles. The number of nitriles is 1. The van der Waals surface area contributed by atoms with E-state index in [1.165, 1.54) is 4.90 Å². The van der Waals surface area contributed by atoms with Crippen LogP contribution in [0.3, 0.4) is 0 Å². The molecule has 1 aliphatic heterocycles. The number of carbonyl (C=O) groups excluding carboxylic acids is 1. The fraction of sp³-hybridized carbons (Fsp3) is 0.273. The van der Waals surface area contributed by atoms with Gasteiger partial charge in [-0.2, -0.15) is 5.26 Å². The molecule has 0 N–H and O–H groups in total. The van der Waals surface area contributed by atoms with Gasteiger partial charge in [0.1, 0.15) is 6.07 Å². The molecule has 1 aromatic rings. The van der Waals surface area contributed by atoms with E-state index in [-0.39, 0.29) is 6.54 Å². The van der Waals surface area contributed by atoms with E-state index in [1.54, 1.807) is 18.2 Å². The van der Waals surface area contributed by atoms with Crippen LogP contribution in [0.15, 0.2) is 18.2 Å². The van der Waals surface area contributed by atoms with Crippen LogP contribution in [0.5, 0.6) is 0 Å². The molecule has 1 heterocycles. The third-order valence-corrected chi connectivity index (χ3v) is 2.64. The molecule has 1 aliphatic rings. The highest BCUT2D eigenvalue weighted by atomic mass is 35.5. The van der Waals surface area contributed by atoms with Crippen LogP contribution in [0.25, 0.3) is 0 Å². The maximum Gasteiger partial charge on any atom is 0.415 e. The van der Waals surface area contributed by atoms with Crippen LogP contribution in [0.2, 0.25) is 5.02 Å². The number of rotatable bonds is 1. The van der Waals surface area contributed by atoms with Crippen LogP contribution in [0.1, 0.15) is 5.56 Å². The second-order valence-electron chi connectivity index (χ2n) is 3.54. The standard InChI is InChI=1S/C11H9ClN2O2/c1-7-4-8(12)2-3-10(7)14-6-9(5-13)16-11(14)15/h2-4,9H,6H2,1H3. The number of aryl methyl sites for hydroxylation is 1. The average Bonchev–Trinajstić information content (AvgIpc) is 2.60. The average molecular weight is 237 g/mol. The van der Waals surface area contributed by atoms with Gasteiger partial charge in [0.25, 0.3) is 0 Å². The van der Waals surface area contributed by atoms with Gasteiger partial charge in [-0.1, -0.05) is 11.6 Å². The molecule has 1 atom stereocenters. The van der Waals surface area contributed by atoms with Crippen molar-refractivity contribution in [2.45, 2.75) is 13.0 Å². The molecule has 0 aliphatic carbocycles. The third kappa shape index (κ3) is 1.82. The second-order valence-corrected chi connectivity index (χ2v) is 3.98. The predicted molar refractivity (Wildman–Crippen MR) is 59.4 cm³/mol. The van der Waals surface area contributed by atoms with Gasteiger partial charge < -0.3 is 4.74 Å². The lowest BCUT2D eigenvalue weighted by atomic mass is 10.2. The van der Waals surface area contributed by atoms with Crippen molar-refractivity contribution in [3.05, 3.63) is 28.8 Å². The summed E-state index contributed by atoms with van der Waals surface area (Å²) in [6.45, 7) is 2.12. The Bertz CT molecular complexity index is 481. The lowest BCUT2D eigenvalue weighted by molar-refractivity contribution is 0.162. The number of anilines is 1. The van der Waals surface area contributed by atoms with E-state index in [1.807, 2.05) is 13.0 Å². The Morgan fingerprint density at radius 2 is 2.38 bits per heavy atom. The van der Waals surface area contributed by atoms with E-state index in [0.29, 0.717) is 5.02 Å². The fourth-order valence-corrected chi connectivity index (χ4v) is 1.88. The summed E-state index contributed by atoms with van der Waals surface area (Å²) in [5.74, 6) is 0. The van der Waals surface area contributed by atoms with Crippen molar-refractivity contribution < 1.29 is 9.53 Å². The molecule has 1 saturated heterocycles. The van der Waals surface area contributed by atoms with Crippen LogP contribution in [-0.4, -0.2) is 18.7 Å². The van der Waals surface area contributed by atoms with Gasteiger partial charge in [-0.25, -0.2) is 4.79 Å². The van der Waals surface area contributed by atoms with Gasteiger partial charge in [0, 0.05) is 5.02 Å². The monoisotopic (exact) mass is 236 g/mol. The summed E-state index contributed by atoms with van der Waals surface area (Å²) >= 11 is 5.83. The molecule has 1 amide bonds. The molecule has 2 rings (SSSR count). The number of benzene rings is 1. The number of ether oxygens (including phenoxy) is 1. The molecule has 1 fully saturated rings. The maximum atomic E-state index is 11.5. The summed E-state index contributed by atoms with van der Waals surface area (Å²) < 4.78 is 4.86. The normalized spacial score (nSPS) is 19.4. The van der Waals surface area contributed by atoms with Gasteiger partial charge in [0.2, 0.25) is 6.10 Å². The van der Waals surface area contributed by atoms with Gasteiger partial charge in [0.15, 0.2) is 0 Å². The minimum absolute atomic E-state index is 0.262. The van der Waals surface area contributed by atoms with E-state index in [4.69, 9.17) is 21.6 Å².